The Morgan fingerprint density at radius 2 is 1.53 bits per heavy atom. The molecular formula is C25H18BrN3O7. The number of carbonyl (C=O) groups is 3. The number of nitrogens with zero attached hydrogens (tertiary/aromatic N) is 3. The predicted molar refractivity (Wildman–Crippen MR) is 131 cm³/mol. The number of hydrogen-bond acceptors (Lipinski definition) is 7. The zero-order valence-electron chi connectivity index (χ0n) is 19.0. The third-order valence-corrected chi connectivity index (χ3v) is 6.81. The lowest BCUT2D eigenvalue weighted by Crippen LogP contribution is -2.67. The van der Waals surface area contributed by atoms with Gasteiger partial charge in [-0.15, -0.1) is 0 Å². The molecule has 0 spiro atoms. The van der Waals surface area contributed by atoms with E-state index in [4.69, 9.17) is 9.47 Å². The molecule has 2 unspecified atom stereocenters. The van der Waals surface area contributed by atoms with Crippen molar-refractivity contribution in [2.24, 2.45) is 0 Å². The van der Waals surface area contributed by atoms with Crippen LogP contribution in [0.2, 0.25) is 0 Å². The van der Waals surface area contributed by atoms with Crippen molar-refractivity contribution in [1.82, 2.24) is 4.90 Å². The van der Waals surface area contributed by atoms with Crippen LogP contribution in [0.4, 0.5) is 11.4 Å². The van der Waals surface area contributed by atoms with Gasteiger partial charge >= 0.3 is 0 Å². The van der Waals surface area contributed by atoms with Crippen molar-refractivity contribution in [3.63, 3.8) is 0 Å². The Morgan fingerprint density at radius 1 is 0.833 bits per heavy atom. The van der Waals surface area contributed by atoms with Crippen molar-refractivity contribution >= 4 is 45.0 Å². The van der Waals surface area contributed by atoms with E-state index in [1.54, 1.807) is 42.5 Å². The first kappa shape index (κ1) is 23.5. The molecule has 10 nitrogen and oxygen atoms in total. The van der Waals surface area contributed by atoms with E-state index in [2.05, 4.69) is 15.9 Å². The highest BCUT2D eigenvalue weighted by Crippen LogP contribution is 2.47. The number of β-lactam (4-membered cyclic amide) rings is 1. The summed E-state index contributed by atoms with van der Waals surface area (Å²) >= 11 is 3.44. The molecule has 0 bridgehead atoms. The Morgan fingerprint density at radius 3 is 2.17 bits per heavy atom. The van der Waals surface area contributed by atoms with Crippen LogP contribution in [0.15, 0.2) is 65.1 Å². The average molecular weight is 552 g/mol. The molecule has 0 radical (unpaired) electrons. The van der Waals surface area contributed by atoms with E-state index in [9.17, 15) is 24.5 Å². The van der Waals surface area contributed by atoms with E-state index in [1.807, 2.05) is 0 Å². The summed E-state index contributed by atoms with van der Waals surface area (Å²) in [7, 11) is 3.02. The highest BCUT2D eigenvalue weighted by Gasteiger charge is 2.58. The molecule has 11 heteroatoms. The van der Waals surface area contributed by atoms with Gasteiger partial charge in [0, 0.05) is 27.9 Å². The van der Waals surface area contributed by atoms with Crippen molar-refractivity contribution in [1.29, 1.82) is 0 Å². The topological polar surface area (TPSA) is 119 Å². The highest BCUT2D eigenvalue weighted by molar-refractivity contribution is 9.10. The fourth-order valence-electron chi connectivity index (χ4n) is 4.62. The predicted octanol–water partition coefficient (Wildman–Crippen LogP) is 4.13. The SMILES string of the molecule is COc1ccc(N2C(=O)C(N3C(=O)c4ccc([N+](=O)[O-])cc4C3=O)C2c2cc(Br)ccc2OC)cc1. The minimum atomic E-state index is -1.18. The Bertz CT molecular complexity index is 1440. The molecule has 36 heavy (non-hydrogen) atoms. The molecule has 2 aliphatic heterocycles. The monoisotopic (exact) mass is 551 g/mol. The zero-order chi connectivity index (χ0) is 25.7. The van der Waals surface area contributed by atoms with Crippen LogP contribution in [0, 0.1) is 10.1 Å². The lowest BCUT2D eigenvalue weighted by molar-refractivity contribution is -0.384. The Hall–Kier alpha value is -4.25. The number of nitro benzene ring substituents is 1. The molecule has 0 N–H and O–H groups in total. The smallest absolute Gasteiger partial charge is 0.270 e. The van der Waals surface area contributed by atoms with E-state index in [0.29, 0.717) is 27.2 Å². The molecule has 3 amide bonds. The second-order valence-electron chi connectivity index (χ2n) is 8.15. The molecule has 0 saturated carbocycles. The average Bonchev–Trinajstić information content (AvgIpc) is 3.12. The van der Waals surface area contributed by atoms with Gasteiger partial charge in [-0.2, -0.15) is 0 Å². The molecule has 5 rings (SSSR count). The Kier molecular flexibility index (Phi) is 5.71. The standard InChI is InChI=1S/C25H18BrN3O7/c1-35-16-7-4-14(5-8-16)27-21(19-11-13(26)3-10-20(19)36-2)22(25(27)32)28-23(30)17-9-6-15(29(33)34)12-18(17)24(28)31/h3-12,21-22H,1-2H3. The number of anilines is 1. The molecule has 1 saturated heterocycles. The fourth-order valence-corrected chi connectivity index (χ4v) is 4.99. The summed E-state index contributed by atoms with van der Waals surface area (Å²) in [6.45, 7) is 0. The van der Waals surface area contributed by atoms with Gasteiger partial charge in [-0.1, -0.05) is 15.9 Å². The van der Waals surface area contributed by atoms with Gasteiger partial charge in [0.25, 0.3) is 23.4 Å². The van der Waals surface area contributed by atoms with Crippen LogP contribution >= 0.6 is 15.9 Å². The zero-order valence-corrected chi connectivity index (χ0v) is 20.6. The number of carbonyl (C=O) groups excluding carboxylic acids is 3. The number of non-ortho nitro benzene ring substituents is 1. The van der Waals surface area contributed by atoms with Crippen molar-refractivity contribution in [3.8, 4) is 11.5 Å². The van der Waals surface area contributed by atoms with E-state index in [1.165, 1.54) is 25.2 Å². The maximum atomic E-state index is 13.6. The highest BCUT2D eigenvalue weighted by atomic mass is 79.9. The molecule has 2 aliphatic rings. The number of imide groups is 1. The molecule has 0 aromatic heterocycles. The van der Waals surface area contributed by atoms with Crippen LogP contribution in [0.3, 0.4) is 0 Å². The third kappa shape index (κ3) is 3.51. The first-order valence-corrected chi connectivity index (χ1v) is 11.5. The molecule has 2 atom stereocenters. The van der Waals surface area contributed by atoms with Gasteiger partial charge in [-0.25, -0.2) is 0 Å². The lowest BCUT2D eigenvalue weighted by atomic mass is 9.85. The summed E-state index contributed by atoms with van der Waals surface area (Å²) in [4.78, 5) is 53.2. The van der Waals surface area contributed by atoms with E-state index in [0.717, 1.165) is 17.0 Å². The van der Waals surface area contributed by atoms with Gasteiger partial charge in [-0.05, 0) is 48.5 Å². The third-order valence-electron chi connectivity index (χ3n) is 6.32. The molecular weight excluding hydrogens is 534 g/mol. The molecule has 182 valence electrons. The molecule has 2 heterocycles. The van der Waals surface area contributed by atoms with Crippen LogP contribution < -0.4 is 14.4 Å². The molecule has 0 aliphatic carbocycles. The summed E-state index contributed by atoms with van der Waals surface area (Å²) in [5.74, 6) is -0.855. The van der Waals surface area contributed by atoms with E-state index < -0.39 is 34.7 Å². The van der Waals surface area contributed by atoms with Gasteiger partial charge < -0.3 is 14.4 Å². The second-order valence-corrected chi connectivity index (χ2v) is 9.07. The minimum Gasteiger partial charge on any atom is -0.497 e. The largest absolute Gasteiger partial charge is 0.497 e. The van der Waals surface area contributed by atoms with Crippen LogP contribution in [-0.4, -0.2) is 47.8 Å². The van der Waals surface area contributed by atoms with Crippen molar-refractivity contribution in [2.45, 2.75) is 12.1 Å². The van der Waals surface area contributed by atoms with Crippen LogP contribution in [-0.2, 0) is 4.79 Å². The van der Waals surface area contributed by atoms with Crippen molar-refractivity contribution in [2.75, 3.05) is 19.1 Å². The number of hydrogen-bond donors (Lipinski definition) is 0. The summed E-state index contributed by atoms with van der Waals surface area (Å²) in [5.41, 5.74) is 0.707. The van der Waals surface area contributed by atoms with Crippen molar-refractivity contribution < 1.29 is 28.8 Å². The number of amides is 3. The van der Waals surface area contributed by atoms with Crippen molar-refractivity contribution in [3.05, 3.63) is 91.9 Å². The summed E-state index contributed by atoms with van der Waals surface area (Å²) in [6.07, 6.45) is 0. The van der Waals surface area contributed by atoms with Gasteiger partial charge in [0.2, 0.25) is 0 Å². The van der Waals surface area contributed by atoms with Gasteiger partial charge in [-0.3, -0.25) is 29.4 Å². The fraction of sp³-hybridized carbons (Fsp3) is 0.160. The number of ether oxygens (including phenoxy) is 2. The maximum absolute atomic E-state index is 13.6. The Balaban J connectivity index is 1.61. The molecule has 1 fully saturated rings. The number of methoxy groups -OCH3 is 2. The summed E-state index contributed by atoms with van der Waals surface area (Å²) in [5, 5.41) is 11.2. The van der Waals surface area contributed by atoms with E-state index in [-0.39, 0.29) is 16.8 Å². The van der Waals surface area contributed by atoms with E-state index >= 15 is 0 Å². The van der Waals surface area contributed by atoms with Crippen LogP contribution in [0.5, 0.6) is 11.5 Å². The summed E-state index contributed by atoms with van der Waals surface area (Å²) in [6, 6.07) is 13.6. The quantitative estimate of drug-likeness (QED) is 0.195. The van der Waals surface area contributed by atoms with Gasteiger partial charge in [0.1, 0.15) is 17.5 Å². The second kappa shape index (κ2) is 8.76. The maximum Gasteiger partial charge on any atom is 0.270 e. The first-order valence-electron chi connectivity index (χ1n) is 10.7. The normalized spacial score (nSPS) is 18.7. The number of halogens is 1. The number of benzene rings is 3. The molecule has 3 aromatic rings. The van der Waals surface area contributed by atoms with Crippen LogP contribution in [0.1, 0.15) is 32.3 Å². The minimum absolute atomic E-state index is 0.0151. The lowest BCUT2D eigenvalue weighted by Gasteiger charge is -2.50. The number of rotatable bonds is 6. The number of fused-ring (bicyclic) bond motifs is 1. The van der Waals surface area contributed by atoms with Crippen LogP contribution in [0.25, 0.3) is 0 Å². The summed E-state index contributed by atoms with van der Waals surface area (Å²) < 4.78 is 11.5. The van der Waals surface area contributed by atoms with Gasteiger partial charge in [0.15, 0.2) is 0 Å². The first-order chi connectivity index (χ1) is 17.3. The number of nitro groups is 1. The molecule has 3 aromatic carbocycles. The Labute approximate surface area is 213 Å². The van der Waals surface area contributed by atoms with Gasteiger partial charge in [0.05, 0.1) is 36.3 Å².